The van der Waals surface area contributed by atoms with Gasteiger partial charge in [0.05, 0.1) is 0 Å². The average molecular weight is 280 g/mol. The average Bonchev–Trinajstić information content (AvgIpc) is 0. The zero-order chi connectivity index (χ0) is 0. The van der Waals surface area contributed by atoms with E-state index in [1.807, 2.05) is 0 Å². The summed E-state index contributed by atoms with van der Waals surface area (Å²) in [5, 5.41) is 0. The van der Waals surface area contributed by atoms with E-state index in [-0.39, 0.29) is 91.3 Å². The standard InChI is InChI=1S/Be.Co.Cu.Fe.Ni.H4Si.2H/h;;;;;1H4;;/q+2;;;;;;2*-1. The molecule has 0 bridgehead atoms. The minimum absolute atomic E-state index is 0. The van der Waals surface area contributed by atoms with Crippen LogP contribution in [0.15, 0.2) is 0 Å². The minimum atomic E-state index is 0. The molecule has 0 saturated carbocycles. The molecule has 0 atom stereocenters. The van der Waals surface area contributed by atoms with Crippen molar-refractivity contribution in [3.05, 3.63) is 0 Å². The van der Waals surface area contributed by atoms with E-state index in [9.17, 15) is 0 Å². The van der Waals surface area contributed by atoms with Crippen LogP contribution in [0.4, 0.5) is 0 Å². The SMILES string of the molecule is [Be+2].[Co].[Cu].[Fe].[H-].[H-].[Ni].[SiH4]. The van der Waals surface area contributed by atoms with Crippen molar-refractivity contribution in [3.63, 3.8) is 0 Å². The minimum Gasteiger partial charge on any atom is -1.00 e. The molecule has 0 heterocycles. The van der Waals surface area contributed by atoms with Crippen molar-refractivity contribution in [3.8, 4) is 0 Å². The normalized spacial score (nSPS) is 0. The van der Waals surface area contributed by atoms with Crippen LogP contribution in [0.1, 0.15) is 2.85 Å². The van der Waals surface area contributed by atoms with Crippen LogP contribution in [-0.2, 0) is 67.4 Å². The molecule has 0 saturated heterocycles. The van der Waals surface area contributed by atoms with Gasteiger partial charge >= 0.3 is 10.1 Å². The zero-order valence-corrected chi connectivity index (χ0v) is 6.09. The third-order valence-electron chi connectivity index (χ3n) is 0. The maximum Gasteiger partial charge on any atom is 2.00 e. The van der Waals surface area contributed by atoms with E-state index in [1.165, 1.54) is 0 Å². The van der Waals surface area contributed by atoms with Crippen molar-refractivity contribution in [2.75, 3.05) is 0 Å². The molecule has 0 aromatic rings. The molecule has 0 aliphatic heterocycles. The van der Waals surface area contributed by atoms with Crippen LogP contribution in [0.5, 0.6) is 0 Å². The Kier molecular flexibility index (Phi) is 686. The van der Waals surface area contributed by atoms with E-state index in [2.05, 4.69) is 0 Å². The van der Waals surface area contributed by atoms with Crippen molar-refractivity contribution in [1.82, 2.24) is 0 Å². The first-order chi connectivity index (χ1) is 0. The van der Waals surface area contributed by atoms with Gasteiger partial charge in [-0.3, -0.25) is 0 Å². The van der Waals surface area contributed by atoms with Gasteiger partial charge in [0.2, 0.25) is 0 Å². The largest absolute Gasteiger partial charge is 2.00 e. The zero-order valence-electron chi connectivity index (χ0n) is 4.01. The molecular weight excluding hydrogens is 274 g/mol. The molecule has 0 spiro atoms. The fraction of sp³-hybridized carbons (Fsp3) is 0. The van der Waals surface area contributed by atoms with Crippen LogP contribution >= 0.6 is 0 Å². The molecule has 0 fully saturated rings. The van der Waals surface area contributed by atoms with E-state index < -0.39 is 0 Å². The first-order valence-electron chi connectivity index (χ1n) is 0. The monoisotopic (exact) mass is 279 g/mol. The van der Waals surface area contributed by atoms with Crippen LogP contribution in [0.3, 0.4) is 0 Å². The Morgan fingerprint density at radius 3 is 1.17 bits per heavy atom. The van der Waals surface area contributed by atoms with E-state index in [4.69, 9.17) is 0 Å². The third kappa shape index (κ3) is 32.2. The second-order valence-corrected chi connectivity index (χ2v) is 0. The molecule has 0 amide bonds. The Balaban J connectivity index is 0. The van der Waals surface area contributed by atoms with E-state index >= 15 is 0 Å². The maximum absolute atomic E-state index is 0. The van der Waals surface area contributed by atoms with Crippen molar-refractivity contribution in [1.29, 1.82) is 0 Å². The quantitative estimate of drug-likeness (QED) is 0.468. The van der Waals surface area contributed by atoms with Gasteiger partial charge in [0.15, 0.2) is 0 Å². The molecule has 0 N–H and O–H groups in total. The summed E-state index contributed by atoms with van der Waals surface area (Å²) in [6.45, 7) is 0. The van der Waals surface area contributed by atoms with Crippen LogP contribution < -0.4 is 0 Å². The Bertz CT molecular complexity index is 22.0. The van der Waals surface area contributed by atoms with Gasteiger partial charge < -0.3 is 2.85 Å². The molecule has 0 aromatic heterocycles. The fourth-order valence-corrected chi connectivity index (χ4v) is 0. The van der Waals surface area contributed by atoms with Crippen LogP contribution in [-0.4, -0.2) is 21.1 Å². The molecule has 2 radical (unpaired) electrons. The summed E-state index contributed by atoms with van der Waals surface area (Å²) in [6, 6.07) is 0. The Labute approximate surface area is 90.6 Å². The first kappa shape index (κ1) is 79.0. The van der Waals surface area contributed by atoms with Gasteiger partial charge in [-0.15, -0.1) is 0 Å². The van der Waals surface area contributed by atoms with Gasteiger partial charge in [-0.2, -0.15) is 0 Å². The molecule has 0 rings (SSSR count). The smallest absolute Gasteiger partial charge is 1.00 e. The van der Waals surface area contributed by atoms with Gasteiger partial charge in [0, 0.05) is 67.4 Å². The number of hydrogen-bond donors (Lipinski definition) is 0. The molecule has 6 heavy (non-hydrogen) atoms. The van der Waals surface area contributed by atoms with Gasteiger partial charge in [0.25, 0.3) is 0 Å². The summed E-state index contributed by atoms with van der Waals surface area (Å²) in [5.41, 5.74) is 0. The van der Waals surface area contributed by atoms with Gasteiger partial charge in [-0.1, -0.05) is 0 Å². The Morgan fingerprint density at radius 2 is 1.17 bits per heavy atom. The predicted molar refractivity (Wildman–Crippen MR) is 19.3 cm³/mol. The maximum atomic E-state index is 0. The molecule has 0 aliphatic carbocycles. The van der Waals surface area contributed by atoms with E-state index in [1.54, 1.807) is 0 Å². The van der Waals surface area contributed by atoms with Crippen LogP contribution in [0.25, 0.3) is 0 Å². The second kappa shape index (κ2) is 52.1. The third-order valence-corrected chi connectivity index (χ3v) is 0. The van der Waals surface area contributed by atoms with Gasteiger partial charge in [0.1, 0.15) is 0 Å². The molecule has 0 aliphatic rings. The Morgan fingerprint density at radius 1 is 1.17 bits per heavy atom. The number of hydrogen-bond acceptors (Lipinski definition) is 0. The molecular formula is H6BeCoCuFeNiSi. The predicted octanol–water partition coefficient (Wildman–Crippen LogP) is -1.62. The molecule has 0 aromatic carbocycles. The summed E-state index contributed by atoms with van der Waals surface area (Å²) < 4.78 is 0. The number of rotatable bonds is 0. The van der Waals surface area contributed by atoms with Crippen molar-refractivity contribution in [2.24, 2.45) is 0 Å². The first-order valence-corrected chi connectivity index (χ1v) is 0. The summed E-state index contributed by atoms with van der Waals surface area (Å²) in [4.78, 5) is 0. The molecule has 0 nitrogen and oxygen atoms in total. The topological polar surface area (TPSA) is 0 Å². The van der Waals surface area contributed by atoms with Gasteiger partial charge in [-0.25, -0.2) is 0 Å². The van der Waals surface area contributed by atoms with Crippen LogP contribution in [0, 0.1) is 0 Å². The van der Waals surface area contributed by atoms with Crippen molar-refractivity contribution in [2.45, 2.75) is 0 Å². The second-order valence-electron chi connectivity index (χ2n) is 0. The summed E-state index contributed by atoms with van der Waals surface area (Å²) in [7, 11) is 0. The van der Waals surface area contributed by atoms with Crippen LogP contribution in [0.2, 0.25) is 0 Å². The van der Waals surface area contributed by atoms with Crippen molar-refractivity contribution >= 4 is 21.1 Å². The van der Waals surface area contributed by atoms with Gasteiger partial charge in [-0.05, 0) is 11.0 Å². The summed E-state index contributed by atoms with van der Waals surface area (Å²) in [5.74, 6) is 0. The van der Waals surface area contributed by atoms with E-state index in [0.29, 0.717) is 0 Å². The Hall–Kier alpha value is 2.42. The fourth-order valence-electron chi connectivity index (χ4n) is 0. The molecule has 0 unspecified atom stereocenters. The summed E-state index contributed by atoms with van der Waals surface area (Å²) in [6.07, 6.45) is 0. The van der Waals surface area contributed by atoms with Crippen molar-refractivity contribution < 1.29 is 70.3 Å². The molecule has 50 valence electrons. The van der Waals surface area contributed by atoms with E-state index in [0.717, 1.165) is 0 Å². The summed E-state index contributed by atoms with van der Waals surface area (Å²) >= 11 is 0. The molecule has 6 heteroatoms.